The summed E-state index contributed by atoms with van der Waals surface area (Å²) in [5.41, 5.74) is -0.783. The Morgan fingerprint density at radius 2 is 2.14 bits per heavy atom. The summed E-state index contributed by atoms with van der Waals surface area (Å²) in [5, 5.41) is 13.5. The Hall–Kier alpha value is -2.18. The molecule has 0 aliphatic heterocycles. The zero-order valence-corrected chi connectivity index (χ0v) is 12.4. The highest BCUT2D eigenvalue weighted by Crippen LogP contribution is 2.39. The number of nitro groups is 1. The minimum Gasteiger partial charge on any atom is -0.466 e. The van der Waals surface area contributed by atoms with Crippen LogP contribution in [0.5, 0.6) is 0 Å². The molecule has 0 atom stereocenters. The molecule has 120 valence electrons. The summed E-state index contributed by atoms with van der Waals surface area (Å²) in [6, 6.07) is 3.42. The maximum Gasteiger partial charge on any atom is 0.313 e. The molecule has 1 aliphatic carbocycles. The fourth-order valence-corrected chi connectivity index (χ4v) is 2.81. The van der Waals surface area contributed by atoms with Crippen LogP contribution in [0.3, 0.4) is 0 Å². The average Bonchev–Trinajstić information content (AvgIpc) is 2.96. The third kappa shape index (κ3) is 3.35. The van der Waals surface area contributed by atoms with Gasteiger partial charge in [0.15, 0.2) is 5.82 Å². The van der Waals surface area contributed by atoms with Gasteiger partial charge in [0.2, 0.25) is 0 Å². The lowest BCUT2D eigenvalue weighted by Gasteiger charge is -2.27. The Bertz CT molecular complexity index is 571. The quantitative estimate of drug-likeness (QED) is 0.495. The lowest BCUT2D eigenvalue weighted by Crippen LogP contribution is -2.37. The number of non-ortho nitro benzene ring substituents is 1. The van der Waals surface area contributed by atoms with Crippen molar-refractivity contribution < 1.29 is 18.8 Å². The highest BCUT2D eigenvalue weighted by Gasteiger charge is 2.42. The van der Waals surface area contributed by atoms with E-state index in [0.717, 1.165) is 18.9 Å². The second-order valence-electron chi connectivity index (χ2n) is 5.48. The summed E-state index contributed by atoms with van der Waals surface area (Å²) in [6.07, 6.45) is 3.27. The molecular formula is C15H19FN2O4. The highest BCUT2D eigenvalue weighted by molar-refractivity contribution is 5.78. The van der Waals surface area contributed by atoms with Crippen molar-refractivity contribution in [3.63, 3.8) is 0 Å². The molecule has 22 heavy (non-hydrogen) atoms. The van der Waals surface area contributed by atoms with E-state index in [-0.39, 0.29) is 23.9 Å². The maximum atomic E-state index is 13.9. The first-order valence-corrected chi connectivity index (χ1v) is 7.33. The van der Waals surface area contributed by atoms with E-state index in [2.05, 4.69) is 5.32 Å². The van der Waals surface area contributed by atoms with Gasteiger partial charge in [-0.05, 0) is 25.8 Å². The van der Waals surface area contributed by atoms with Gasteiger partial charge in [-0.2, -0.15) is 0 Å². The van der Waals surface area contributed by atoms with E-state index in [1.807, 2.05) is 0 Å². The van der Waals surface area contributed by atoms with Gasteiger partial charge in [0.25, 0.3) is 5.69 Å². The summed E-state index contributed by atoms with van der Waals surface area (Å²) < 4.78 is 19.0. The van der Waals surface area contributed by atoms with Crippen molar-refractivity contribution in [2.24, 2.45) is 5.41 Å². The number of nitrogens with one attached hydrogen (secondary N) is 1. The molecule has 1 fully saturated rings. The normalized spacial score (nSPS) is 16.3. The van der Waals surface area contributed by atoms with Crippen LogP contribution in [-0.4, -0.2) is 24.0 Å². The minimum absolute atomic E-state index is 0.154. The van der Waals surface area contributed by atoms with Crippen molar-refractivity contribution in [2.45, 2.75) is 32.6 Å². The van der Waals surface area contributed by atoms with Crippen LogP contribution < -0.4 is 5.32 Å². The number of carbonyl (C=O) groups excluding carboxylic acids is 1. The van der Waals surface area contributed by atoms with Crippen molar-refractivity contribution >= 4 is 17.3 Å². The van der Waals surface area contributed by atoms with Crippen LogP contribution in [0.15, 0.2) is 18.2 Å². The number of benzene rings is 1. The summed E-state index contributed by atoms with van der Waals surface area (Å²) in [6.45, 7) is 2.33. The van der Waals surface area contributed by atoms with Crippen molar-refractivity contribution in [3.8, 4) is 0 Å². The van der Waals surface area contributed by atoms with Gasteiger partial charge in [-0.25, -0.2) is 4.39 Å². The van der Waals surface area contributed by atoms with Crippen LogP contribution in [-0.2, 0) is 9.53 Å². The van der Waals surface area contributed by atoms with Crippen molar-refractivity contribution in [1.29, 1.82) is 0 Å². The van der Waals surface area contributed by atoms with E-state index in [0.29, 0.717) is 19.4 Å². The molecule has 1 N–H and O–H groups in total. The fourth-order valence-electron chi connectivity index (χ4n) is 2.81. The summed E-state index contributed by atoms with van der Waals surface area (Å²) in [7, 11) is 0. The number of anilines is 1. The van der Waals surface area contributed by atoms with Crippen LogP contribution >= 0.6 is 0 Å². The Kier molecular flexibility index (Phi) is 4.95. The molecule has 0 heterocycles. The Morgan fingerprint density at radius 3 is 2.68 bits per heavy atom. The molecule has 0 unspecified atom stereocenters. The van der Waals surface area contributed by atoms with Crippen LogP contribution in [0.1, 0.15) is 32.6 Å². The SMILES string of the molecule is CCOC(=O)C1(CNc2ccc([N+](=O)[O-])cc2F)CCCC1. The molecular weight excluding hydrogens is 291 g/mol. The molecule has 0 saturated heterocycles. The number of halogens is 1. The standard InChI is InChI=1S/C15H19FN2O4/c1-2-22-14(19)15(7-3-4-8-15)10-17-13-6-5-11(18(20)21)9-12(13)16/h5-6,9,17H,2-4,7-8,10H2,1H3. The molecule has 6 nitrogen and oxygen atoms in total. The monoisotopic (exact) mass is 310 g/mol. The number of rotatable bonds is 6. The summed E-state index contributed by atoms with van der Waals surface area (Å²) in [4.78, 5) is 22.1. The summed E-state index contributed by atoms with van der Waals surface area (Å²) >= 11 is 0. The van der Waals surface area contributed by atoms with E-state index < -0.39 is 16.2 Å². The van der Waals surface area contributed by atoms with Crippen molar-refractivity contribution in [2.75, 3.05) is 18.5 Å². The number of hydrogen-bond acceptors (Lipinski definition) is 5. The number of nitro benzene ring substituents is 1. The number of nitrogens with zero attached hydrogens (tertiary/aromatic N) is 1. The Labute approximate surface area is 127 Å². The second kappa shape index (κ2) is 6.72. The van der Waals surface area contributed by atoms with Crippen LogP contribution in [0.4, 0.5) is 15.8 Å². The van der Waals surface area contributed by atoms with Gasteiger partial charge < -0.3 is 10.1 Å². The summed E-state index contributed by atoms with van der Waals surface area (Å²) in [5.74, 6) is -0.964. The predicted molar refractivity (Wildman–Crippen MR) is 79.1 cm³/mol. The van der Waals surface area contributed by atoms with E-state index in [9.17, 15) is 19.3 Å². The van der Waals surface area contributed by atoms with Gasteiger partial charge in [-0.3, -0.25) is 14.9 Å². The smallest absolute Gasteiger partial charge is 0.313 e. The lowest BCUT2D eigenvalue weighted by molar-refractivity contribution is -0.385. The van der Waals surface area contributed by atoms with Crippen LogP contribution in [0.2, 0.25) is 0 Å². The Balaban J connectivity index is 2.10. The first-order valence-electron chi connectivity index (χ1n) is 7.33. The molecule has 1 aromatic carbocycles. The zero-order valence-electron chi connectivity index (χ0n) is 12.4. The van der Waals surface area contributed by atoms with Gasteiger partial charge in [0, 0.05) is 12.6 Å². The first kappa shape index (κ1) is 16.2. The maximum absolute atomic E-state index is 13.9. The van der Waals surface area contributed by atoms with Crippen molar-refractivity contribution in [1.82, 2.24) is 0 Å². The molecule has 0 amide bonds. The lowest BCUT2D eigenvalue weighted by atomic mass is 9.86. The Morgan fingerprint density at radius 1 is 1.45 bits per heavy atom. The van der Waals surface area contributed by atoms with Gasteiger partial charge >= 0.3 is 5.97 Å². The van der Waals surface area contributed by atoms with E-state index >= 15 is 0 Å². The molecule has 2 rings (SSSR count). The molecule has 1 saturated carbocycles. The number of hydrogen-bond donors (Lipinski definition) is 1. The fraction of sp³-hybridized carbons (Fsp3) is 0.533. The van der Waals surface area contributed by atoms with E-state index in [1.165, 1.54) is 12.1 Å². The molecule has 0 spiro atoms. The van der Waals surface area contributed by atoms with Crippen molar-refractivity contribution in [3.05, 3.63) is 34.1 Å². The number of ether oxygens (including phenoxy) is 1. The largest absolute Gasteiger partial charge is 0.466 e. The molecule has 0 bridgehead atoms. The molecule has 0 aromatic heterocycles. The van der Waals surface area contributed by atoms with E-state index in [1.54, 1.807) is 6.92 Å². The molecule has 1 aliphatic rings. The highest BCUT2D eigenvalue weighted by atomic mass is 19.1. The first-order chi connectivity index (χ1) is 10.5. The third-order valence-corrected chi connectivity index (χ3v) is 4.05. The van der Waals surface area contributed by atoms with Crippen LogP contribution in [0.25, 0.3) is 0 Å². The van der Waals surface area contributed by atoms with Gasteiger partial charge in [-0.15, -0.1) is 0 Å². The van der Waals surface area contributed by atoms with Gasteiger partial charge in [0.1, 0.15) is 0 Å². The van der Waals surface area contributed by atoms with Crippen LogP contribution in [0, 0.1) is 21.3 Å². The minimum atomic E-state index is -0.703. The average molecular weight is 310 g/mol. The molecule has 1 aromatic rings. The van der Waals surface area contributed by atoms with Gasteiger partial charge in [-0.1, -0.05) is 12.8 Å². The number of carbonyl (C=O) groups is 1. The van der Waals surface area contributed by atoms with E-state index in [4.69, 9.17) is 4.74 Å². The second-order valence-corrected chi connectivity index (χ2v) is 5.48. The van der Waals surface area contributed by atoms with Gasteiger partial charge in [0.05, 0.1) is 28.7 Å². The molecule has 0 radical (unpaired) electrons. The topological polar surface area (TPSA) is 81.5 Å². The predicted octanol–water partition coefficient (Wildman–Crippen LogP) is 3.27. The molecule has 7 heteroatoms. The zero-order chi connectivity index (χ0) is 16.2. The number of esters is 1. The third-order valence-electron chi connectivity index (χ3n) is 4.05.